The average Bonchev–Trinajstić information content (AvgIpc) is 3.87. The van der Waals surface area contributed by atoms with E-state index in [1.54, 1.807) is 12.1 Å². The van der Waals surface area contributed by atoms with Gasteiger partial charge in [0.1, 0.15) is 11.2 Å². The van der Waals surface area contributed by atoms with Gasteiger partial charge in [0.2, 0.25) is 0 Å². The van der Waals surface area contributed by atoms with Gasteiger partial charge < -0.3 is 8.98 Å². The summed E-state index contributed by atoms with van der Waals surface area (Å²) >= 11 is 0. The zero-order chi connectivity index (χ0) is 40.2. The van der Waals surface area contributed by atoms with Crippen LogP contribution in [0.1, 0.15) is 5.56 Å². The smallest absolute Gasteiger partial charge is 0.188 e. The second kappa shape index (κ2) is 14.1. The van der Waals surface area contributed by atoms with E-state index in [9.17, 15) is 5.26 Å². The SMILES string of the molecule is [C-]#[N+]c1ccc(-c2ccc3c4ccccc4n(-c4ccc(-c5cccc6oc7ccccc7c56)cc4-c4nc(-c5ccccc5)nc(-c5ccccc5)n4)c3c2)c(C#N)c1. The molecule has 11 rings (SSSR count). The van der Waals surface area contributed by atoms with Gasteiger partial charge in [0.05, 0.1) is 29.4 Å². The lowest BCUT2D eigenvalue weighted by atomic mass is 9.96. The fraction of sp³-hybridized carbons (Fsp3) is 0. The van der Waals surface area contributed by atoms with Crippen molar-refractivity contribution in [3.8, 4) is 68.2 Å². The molecule has 7 nitrogen and oxygen atoms in total. The van der Waals surface area contributed by atoms with Gasteiger partial charge in [-0.2, -0.15) is 5.26 Å². The highest BCUT2D eigenvalue weighted by molar-refractivity contribution is 6.13. The third kappa shape index (κ3) is 5.69. The minimum atomic E-state index is 0.427. The molecule has 0 aliphatic heterocycles. The summed E-state index contributed by atoms with van der Waals surface area (Å²) in [6.07, 6.45) is 0. The summed E-state index contributed by atoms with van der Waals surface area (Å²) in [6, 6.07) is 63.1. The number of hydrogen-bond donors (Lipinski definition) is 0. The number of para-hydroxylation sites is 2. The molecule has 278 valence electrons. The van der Waals surface area contributed by atoms with E-state index in [2.05, 4.69) is 88.3 Å². The summed E-state index contributed by atoms with van der Waals surface area (Å²) in [5, 5.41) is 14.4. The Hall–Kier alpha value is -8.65. The molecule has 0 atom stereocenters. The zero-order valence-electron chi connectivity index (χ0n) is 31.9. The Bertz CT molecular complexity index is 3520. The predicted octanol–water partition coefficient (Wildman–Crippen LogP) is 13.6. The molecule has 0 aliphatic carbocycles. The monoisotopic (exact) mass is 766 g/mol. The minimum absolute atomic E-state index is 0.427. The van der Waals surface area contributed by atoms with Crippen molar-refractivity contribution in [2.24, 2.45) is 0 Å². The largest absolute Gasteiger partial charge is 0.456 e. The van der Waals surface area contributed by atoms with Gasteiger partial charge in [0.15, 0.2) is 23.2 Å². The zero-order valence-corrected chi connectivity index (χ0v) is 31.9. The van der Waals surface area contributed by atoms with Crippen molar-refractivity contribution in [3.63, 3.8) is 0 Å². The Morgan fingerprint density at radius 2 is 1.12 bits per heavy atom. The first-order chi connectivity index (χ1) is 29.6. The lowest BCUT2D eigenvalue weighted by Crippen LogP contribution is -2.04. The Morgan fingerprint density at radius 1 is 0.483 bits per heavy atom. The van der Waals surface area contributed by atoms with E-state index in [-0.39, 0.29) is 0 Å². The van der Waals surface area contributed by atoms with E-state index in [1.165, 1.54) is 0 Å². The van der Waals surface area contributed by atoms with Crippen LogP contribution in [0.5, 0.6) is 0 Å². The van der Waals surface area contributed by atoms with Crippen LogP contribution in [0.3, 0.4) is 0 Å². The summed E-state index contributed by atoms with van der Waals surface area (Å²) in [4.78, 5) is 19.1. The molecule has 8 aromatic carbocycles. The lowest BCUT2D eigenvalue weighted by Gasteiger charge is -2.17. The molecule has 0 N–H and O–H groups in total. The first-order valence-corrected chi connectivity index (χ1v) is 19.5. The molecule has 0 unspecified atom stereocenters. The van der Waals surface area contributed by atoms with E-state index >= 15 is 0 Å². The van der Waals surface area contributed by atoms with Gasteiger partial charge in [0, 0.05) is 43.8 Å². The van der Waals surface area contributed by atoms with E-state index in [1.807, 2.05) is 97.1 Å². The summed E-state index contributed by atoms with van der Waals surface area (Å²) < 4.78 is 8.62. The number of rotatable bonds is 6. The van der Waals surface area contributed by atoms with Gasteiger partial charge in [0.25, 0.3) is 0 Å². The molecule has 0 radical (unpaired) electrons. The Morgan fingerprint density at radius 3 is 1.87 bits per heavy atom. The predicted molar refractivity (Wildman–Crippen MR) is 240 cm³/mol. The van der Waals surface area contributed by atoms with E-state index in [4.69, 9.17) is 25.9 Å². The maximum atomic E-state index is 10.2. The summed E-state index contributed by atoms with van der Waals surface area (Å²) in [5.74, 6) is 1.65. The molecule has 3 aromatic heterocycles. The van der Waals surface area contributed by atoms with Crippen LogP contribution in [-0.2, 0) is 0 Å². The van der Waals surface area contributed by atoms with Crippen LogP contribution in [0.4, 0.5) is 5.69 Å². The highest BCUT2D eigenvalue weighted by Crippen LogP contribution is 2.42. The Labute approximate surface area is 344 Å². The average molecular weight is 767 g/mol. The normalized spacial score (nSPS) is 11.3. The van der Waals surface area contributed by atoms with Gasteiger partial charge in [-0.15, -0.1) is 0 Å². The number of benzene rings is 8. The summed E-state index contributed by atoms with van der Waals surface area (Å²) in [7, 11) is 0. The molecular formula is C53H30N6O. The van der Waals surface area contributed by atoms with Crippen LogP contribution in [0.2, 0.25) is 0 Å². The third-order valence-electron chi connectivity index (χ3n) is 11.1. The quantitative estimate of drug-likeness (QED) is 0.157. The Kier molecular flexibility index (Phi) is 8.11. The fourth-order valence-corrected chi connectivity index (χ4v) is 8.37. The molecule has 0 aliphatic rings. The molecule has 7 heteroatoms. The summed E-state index contributed by atoms with van der Waals surface area (Å²) in [5.41, 5.74) is 11.6. The first kappa shape index (κ1) is 34.6. The van der Waals surface area contributed by atoms with Crippen molar-refractivity contribution in [1.29, 1.82) is 5.26 Å². The van der Waals surface area contributed by atoms with Crippen LogP contribution in [0.15, 0.2) is 186 Å². The molecule has 0 fully saturated rings. The minimum Gasteiger partial charge on any atom is -0.456 e. The number of furan rings is 1. The van der Waals surface area contributed by atoms with Crippen LogP contribution in [0.25, 0.3) is 111 Å². The van der Waals surface area contributed by atoms with Crippen LogP contribution < -0.4 is 0 Å². The van der Waals surface area contributed by atoms with Gasteiger partial charge in [-0.25, -0.2) is 19.8 Å². The van der Waals surface area contributed by atoms with Crippen molar-refractivity contribution in [3.05, 3.63) is 199 Å². The van der Waals surface area contributed by atoms with Gasteiger partial charge in [-0.3, -0.25) is 0 Å². The van der Waals surface area contributed by atoms with Gasteiger partial charge >= 0.3 is 0 Å². The Balaban J connectivity index is 1.23. The molecular weight excluding hydrogens is 737 g/mol. The molecule has 0 spiro atoms. The summed E-state index contributed by atoms with van der Waals surface area (Å²) in [6.45, 7) is 7.53. The van der Waals surface area contributed by atoms with Crippen molar-refractivity contribution >= 4 is 49.4 Å². The molecule has 0 amide bonds. The highest BCUT2D eigenvalue weighted by atomic mass is 16.3. The number of nitriles is 1. The fourth-order valence-electron chi connectivity index (χ4n) is 8.37. The molecule has 60 heavy (non-hydrogen) atoms. The van der Waals surface area contributed by atoms with Crippen LogP contribution >= 0.6 is 0 Å². The molecule has 0 saturated carbocycles. The van der Waals surface area contributed by atoms with Gasteiger partial charge in [-0.1, -0.05) is 140 Å². The van der Waals surface area contributed by atoms with E-state index < -0.39 is 0 Å². The maximum Gasteiger partial charge on any atom is 0.188 e. The highest BCUT2D eigenvalue weighted by Gasteiger charge is 2.22. The molecule has 11 aromatic rings. The molecule has 0 saturated heterocycles. The van der Waals surface area contributed by atoms with Crippen molar-refractivity contribution in [2.45, 2.75) is 0 Å². The van der Waals surface area contributed by atoms with E-state index in [0.717, 1.165) is 88.4 Å². The van der Waals surface area contributed by atoms with E-state index in [0.29, 0.717) is 28.7 Å². The first-order valence-electron chi connectivity index (χ1n) is 19.5. The van der Waals surface area contributed by atoms with Crippen molar-refractivity contribution < 1.29 is 4.42 Å². The number of fused-ring (bicyclic) bond motifs is 6. The van der Waals surface area contributed by atoms with Crippen molar-refractivity contribution in [1.82, 2.24) is 19.5 Å². The maximum absolute atomic E-state index is 10.2. The number of nitrogens with zero attached hydrogens (tertiary/aromatic N) is 6. The second-order valence-corrected chi connectivity index (χ2v) is 14.6. The molecule has 3 heterocycles. The van der Waals surface area contributed by atoms with Gasteiger partial charge in [-0.05, 0) is 64.7 Å². The topological polar surface area (TPSA) is 84.9 Å². The standard InChI is InChI=1S/C53H30N6O/c1-55-38-25-27-39(37(29-38)32-54)36-23-26-42-41-17-8-10-20-45(41)59(47(42)31-36)46-28-24-35(40-19-12-22-49-50(40)43-18-9-11-21-48(43)60-49)30-44(46)53-57-51(33-13-4-2-5-14-33)56-52(58-53)34-15-6-3-7-16-34/h2-31H. The number of hydrogen-bond acceptors (Lipinski definition) is 5. The lowest BCUT2D eigenvalue weighted by molar-refractivity contribution is 0.669. The third-order valence-corrected chi connectivity index (χ3v) is 11.1. The number of aromatic nitrogens is 4. The van der Waals surface area contributed by atoms with Crippen LogP contribution in [0, 0.1) is 17.9 Å². The second-order valence-electron chi connectivity index (χ2n) is 14.6. The van der Waals surface area contributed by atoms with Crippen LogP contribution in [-0.4, -0.2) is 19.5 Å². The van der Waals surface area contributed by atoms with Crippen molar-refractivity contribution in [2.75, 3.05) is 0 Å². The molecule has 0 bridgehead atoms.